The number of aryl methyl sites for hydroxylation is 1. The summed E-state index contributed by atoms with van der Waals surface area (Å²) in [6.07, 6.45) is 4.05. The maximum absolute atomic E-state index is 13.1. The Morgan fingerprint density at radius 1 is 1.27 bits per heavy atom. The second kappa shape index (κ2) is 10.1. The van der Waals surface area contributed by atoms with Crippen LogP contribution in [0.25, 0.3) is 0 Å². The van der Waals surface area contributed by atoms with Crippen molar-refractivity contribution in [3.05, 3.63) is 65.5 Å². The van der Waals surface area contributed by atoms with Gasteiger partial charge in [-0.05, 0) is 49.9 Å². The van der Waals surface area contributed by atoms with Crippen molar-refractivity contribution in [2.75, 3.05) is 6.54 Å². The van der Waals surface area contributed by atoms with Gasteiger partial charge >= 0.3 is 0 Å². The minimum atomic E-state index is -0.444. The first-order valence-electron chi connectivity index (χ1n) is 10.4. The number of ketones is 1. The average molecular weight is 405 g/mol. The molecule has 0 saturated carbocycles. The van der Waals surface area contributed by atoms with Crippen LogP contribution in [0.3, 0.4) is 0 Å². The molecule has 0 aliphatic carbocycles. The first-order chi connectivity index (χ1) is 14.5. The van der Waals surface area contributed by atoms with Gasteiger partial charge in [-0.3, -0.25) is 14.6 Å². The molecule has 1 aliphatic rings. The molecule has 2 aromatic rings. The normalized spacial score (nSPS) is 19.7. The van der Waals surface area contributed by atoms with Gasteiger partial charge in [0.1, 0.15) is 0 Å². The maximum atomic E-state index is 13.1. The molecule has 2 unspecified atom stereocenters. The van der Waals surface area contributed by atoms with Crippen LogP contribution < -0.4 is 0 Å². The second-order valence-corrected chi connectivity index (χ2v) is 7.94. The van der Waals surface area contributed by atoms with E-state index in [0.717, 1.165) is 18.5 Å². The van der Waals surface area contributed by atoms with Crippen molar-refractivity contribution in [3.63, 3.8) is 0 Å². The van der Waals surface area contributed by atoms with Crippen LogP contribution in [0.4, 0.5) is 0 Å². The summed E-state index contributed by atoms with van der Waals surface area (Å²) in [7, 11) is 0. The van der Waals surface area contributed by atoms with Gasteiger partial charge in [-0.15, -0.1) is 0 Å². The molecule has 0 spiro atoms. The third kappa shape index (κ3) is 5.52. The molecule has 0 bridgehead atoms. The summed E-state index contributed by atoms with van der Waals surface area (Å²) in [5.74, 6) is -0.599. The zero-order chi connectivity index (χ0) is 21.5. The highest BCUT2D eigenvalue weighted by molar-refractivity contribution is 5.98. The number of nitriles is 1. The number of hydrogen-bond donors (Lipinski definition) is 1. The van der Waals surface area contributed by atoms with E-state index in [2.05, 4.69) is 4.98 Å². The Hall–Kier alpha value is -3.04. The minimum absolute atomic E-state index is 0.0464. The zero-order valence-corrected chi connectivity index (χ0v) is 17.2. The number of carbonyl (C=O) groups excluding carboxylic acids is 2. The van der Waals surface area contributed by atoms with Crippen LogP contribution >= 0.6 is 0 Å². The second-order valence-electron chi connectivity index (χ2n) is 7.94. The lowest BCUT2D eigenvalue weighted by molar-refractivity contribution is -0.140. The van der Waals surface area contributed by atoms with E-state index in [1.54, 1.807) is 37.4 Å². The fraction of sp³-hybridized carbons (Fsp3) is 0.417. The molecule has 1 amide bonds. The summed E-state index contributed by atoms with van der Waals surface area (Å²) >= 11 is 0. The Morgan fingerprint density at radius 2 is 2.03 bits per heavy atom. The fourth-order valence-electron chi connectivity index (χ4n) is 3.95. The van der Waals surface area contributed by atoms with Crippen molar-refractivity contribution in [2.24, 2.45) is 5.92 Å². The molecule has 3 atom stereocenters. The molecule has 1 aromatic heterocycles. The van der Waals surface area contributed by atoms with Crippen LogP contribution in [-0.2, 0) is 11.2 Å². The fourth-order valence-corrected chi connectivity index (χ4v) is 3.95. The van der Waals surface area contributed by atoms with E-state index in [9.17, 15) is 14.7 Å². The van der Waals surface area contributed by atoms with Crippen molar-refractivity contribution in [1.82, 2.24) is 9.88 Å². The van der Waals surface area contributed by atoms with E-state index < -0.39 is 12.0 Å². The summed E-state index contributed by atoms with van der Waals surface area (Å²) in [5, 5.41) is 19.0. The Kier molecular flexibility index (Phi) is 7.31. The molecule has 6 heteroatoms. The number of nitrogens with zero attached hydrogens (tertiary/aromatic N) is 3. The van der Waals surface area contributed by atoms with E-state index in [4.69, 9.17) is 5.26 Å². The van der Waals surface area contributed by atoms with Gasteiger partial charge in [0.25, 0.3) is 0 Å². The summed E-state index contributed by atoms with van der Waals surface area (Å²) in [6, 6.07) is 14.2. The quantitative estimate of drug-likeness (QED) is 0.714. The monoisotopic (exact) mass is 405 g/mol. The molecular weight excluding hydrogens is 378 g/mol. The van der Waals surface area contributed by atoms with Crippen LogP contribution in [-0.4, -0.2) is 45.4 Å². The minimum Gasteiger partial charge on any atom is -0.393 e. The molecule has 1 aromatic carbocycles. The van der Waals surface area contributed by atoms with Gasteiger partial charge in [-0.1, -0.05) is 25.1 Å². The third-order valence-electron chi connectivity index (χ3n) is 5.68. The number of aromatic nitrogens is 1. The molecule has 1 saturated heterocycles. The Labute approximate surface area is 177 Å². The topological polar surface area (TPSA) is 94.3 Å². The van der Waals surface area contributed by atoms with Gasteiger partial charge in [0.05, 0.1) is 17.7 Å². The number of aliphatic hydroxyl groups is 1. The van der Waals surface area contributed by atoms with Crippen molar-refractivity contribution in [3.8, 4) is 6.07 Å². The van der Waals surface area contributed by atoms with Crippen LogP contribution in [0.15, 0.2) is 48.7 Å². The summed E-state index contributed by atoms with van der Waals surface area (Å²) < 4.78 is 0. The Balaban J connectivity index is 1.62. The number of aliphatic hydroxyl groups excluding tert-OH is 1. The van der Waals surface area contributed by atoms with Gasteiger partial charge in [0.2, 0.25) is 5.91 Å². The van der Waals surface area contributed by atoms with Gasteiger partial charge in [-0.25, -0.2) is 0 Å². The van der Waals surface area contributed by atoms with Crippen LogP contribution in [0.2, 0.25) is 0 Å². The zero-order valence-electron chi connectivity index (χ0n) is 17.2. The molecule has 3 rings (SSSR count). The number of Topliss-reactive ketones (excluding diaryl/α,β-unsaturated/α-hetero) is 1. The van der Waals surface area contributed by atoms with Crippen LogP contribution in [0, 0.1) is 17.2 Å². The Bertz CT molecular complexity index is 906. The number of likely N-dealkylation sites (tertiary alicyclic amines) is 1. The summed E-state index contributed by atoms with van der Waals surface area (Å²) in [5.41, 5.74) is 1.97. The predicted molar refractivity (Wildman–Crippen MR) is 113 cm³/mol. The number of piperidine rings is 1. The predicted octanol–water partition coefficient (Wildman–Crippen LogP) is 3.15. The standard InChI is InChI=1S/C24H27N3O3/c1-17(14-23(29)19-7-5-18(16-25)6-8-19)24(30)27-13-11-22(28)15-21(27)10-9-20-4-2-3-12-26-20/h2-8,12,17,21-22,28H,9-11,13-15H2,1H3/t17?,21?,22-/m1/s1. The number of amides is 1. The van der Waals surface area contributed by atoms with E-state index in [0.29, 0.717) is 30.5 Å². The van der Waals surface area contributed by atoms with E-state index in [1.165, 1.54) is 0 Å². The molecular formula is C24H27N3O3. The molecule has 2 heterocycles. The van der Waals surface area contributed by atoms with E-state index in [-0.39, 0.29) is 24.2 Å². The lowest BCUT2D eigenvalue weighted by atomic mass is 9.92. The smallest absolute Gasteiger partial charge is 0.226 e. The molecule has 6 nitrogen and oxygen atoms in total. The number of benzene rings is 1. The highest BCUT2D eigenvalue weighted by Crippen LogP contribution is 2.25. The summed E-state index contributed by atoms with van der Waals surface area (Å²) in [6.45, 7) is 2.28. The van der Waals surface area contributed by atoms with Gasteiger partial charge in [0.15, 0.2) is 5.78 Å². The largest absolute Gasteiger partial charge is 0.393 e. The molecule has 0 radical (unpaired) electrons. The van der Waals surface area contributed by atoms with Crippen LogP contribution in [0.5, 0.6) is 0 Å². The van der Waals surface area contributed by atoms with Gasteiger partial charge in [0, 0.05) is 42.4 Å². The van der Waals surface area contributed by atoms with E-state index >= 15 is 0 Å². The van der Waals surface area contributed by atoms with Crippen molar-refractivity contribution < 1.29 is 14.7 Å². The molecule has 1 N–H and O–H groups in total. The van der Waals surface area contributed by atoms with Crippen molar-refractivity contribution in [2.45, 2.75) is 51.2 Å². The first kappa shape index (κ1) is 21.7. The Morgan fingerprint density at radius 3 is 2.70 bits per heavy atom. The number of pyridine rings is 1. The number of hydrogen-bond acceptors (Lipinski definition) is 5. The van der Waals surface area contributed by atoms with Crippen molar-refractivity contribution in [1.29, 1.82) is 5.26 Å². The highest BCUT2D eigenvalue weighted by atomic mass is 16.3. The van der Waals surface area contributed by atoms with Gasteiger partial charge < -0.3 is 10.0 Å². The summed E-state index contributed by atoms with van der Waals surface area (Å²) in [4.78, 5) is 31.9. The number of carbonyl (C=O) groups is 2. The van der Waals surface area contributed by atoms with Crippen LogP contribution in [0.1, 0.15) is 54.2 Å². The average Bonchev–Trinajstić information content (AvgIpc) is 2.78. The highest BCUT2D eigenvalue weighted by Gasteiger charge is 2.33. The molecule has 1 aliphatic heterocycles. The SMILES string of the molecule is CC(CC(=O)c1ccc(C#N)cc1)C(=O)N1CC[C@@H](O)CC1CCc1ccccn1. The maximum Gasteiger partial charge on any atom is 0.226 e. The third-order valence-corrected chi connectivity index (χ3v) is 5.68. The lowest BCUT2D eigenvalue weighted by Crippen LogP contribution is -2.49. The first-order valence-corrected chi connectivity index (χ1v) is 10.4. The molecule has 156 valence electrons. The molecule has 30 heavy (non-hydrogen) atoms. The van der Waals surface area contributed by atoms with Crippen molar-refractivity contribution >= 4 is 11.7 Å². The van der Waals surface area contributed by atoms with Gasteiger partial charge in [-0.2, -0.15) is 5.26 Å². The lowest BCUT2D eigenvalue weighted by Gasteiger charge is -2.39. The molecule has 1 fully saturated rings. The van der Waals surface area contributed by atoms with E-state index in [1.807, 2.05) is 29.2 Å². The number of rotatable bonds is 7.